The van der Waals surface area contributed by atoms with Crippen molar-refractivity contribution in [3.8, 4) is 0 Å². The third kappa shape index (κ3) is 2.48. The molecule has 1 fully saturated rings. The molecule has 5 nitrogen and oxygen atoms in total. The smallest absolute Gasteiger partial charge is 0.303 e. The van der Waals surface area contributed by atoms with Crippen molar-refractivity contribution in [1.29, 1.82) is 0 Å². The number of amides is 1. The number of carbonyl (C=O) groups is 2. The van der Waals surface area contributed by atoms with Gasteiger partial charge in [0, 0.05) is 12.1 Å². The molecule has 1 aliphatic heterocycles. The second-order valence-electron chi connectivity index (χ2n) is 3.95. The zero-order chi connectivity index (χ0) is 13.1. The monoisotopic (exact) mass is 264 g/mol. The van der Waals surface area contributed by atoms with Gasteiger partial charge in [0.05, 0.1) is 0 Å². The maximum atomic E-state index is 11.7. The number of benzene rings is 1. The number of carboxylic acids is 1. The van der Waals surface area contributed by atoms with E-state index >= 15 is 0 Å². The highest BCUT2D eigenvalue weighted by atomic mass is 32.1. The minimum atomic E-state index is -0.923. The summed E-state index contributed by atoms with van der Waals surface area (Å²) in [5.74, 6) is -1.17. The summed E-state index contributed by atoms with van der Waals surface area (Å²) in [5.41, 5.74) is 0.788. The maximum absolute atomic E-state index is 11.7. The molecule has 1 atom stereocenters. The minimum absolute atomic E-state index is 0.0654. The van der Waals surface area contributed by atoms with Gasteiger partial charge >= 0.3 is 5.97 Å². The summed E-state index contributed by atoms with van der Waals surface area (Å²) in [5, 5.41) is 11.6. The third-order valence-corrected chi connectivity index (χ3v) is 3.03. The Morgan fingerprint density at radius 1 is 1.39 bits per heavy atom. The Balaban J connectivity index is 2.22. The number of nitrogens with one attached hydrogen (secondary N) is 1. The first-order chi connectivity index (χ1) is 8.59. The summed E-state index contributed by atoms with van der Waals surface area (Å²) in [6.07, 6.45) is 0.167. The lowest BCUT2D eigenvalue weighted by molar-refractivity contribution is -0.137. The molecule has 0 aliphatic carbocycles. The Kier molecular flexibility index (Phi) is 3.57. The number of hydrogen-bond donors (Lipinski definition) is 2. The fourth-order valence-corrected chi connectivity index (χ4v) is 2.25. The van der Waals surface area contributed by atoms with E-state index in [0.29, 0.717) is 5.11 Å². The van der Waals surface area contributed by atoms with Crippen molar-refractivity contribution in [2.45, 2.75) is 18.9 Å². The van der Waals surface area contributed by atoms with Crippen molar-refractivity contribution < 1.29 is 14.7 Å². The molecule has 1 aromatic rings. The molecule has 0 radical (unpaired) electrons. The van der Waals surface area contributed by atoms with E-state index in [9.17, 15) is 9.59 Å². The van der Waals surface area contributed by atoms with Crippen LogP contribution < -0.4 is 10.2 Å². The lowest BCUT2D eigenvalue weighted by Gasteiger charge is -2.22. The largest absolute Gasteiger partial charge is 0.481 e. The Morgan fingerprint density at radius 3 is 2.67 bits per heavy atom. The Labute approximate surface area is 109 Å². The van der Waals surface area contributed by atoms with Gasteiger partial charge in [-0.2, -0.15) is 0 Å². The summed E-state index contributed by atoms with van der Waals surface area (Å²) in [4.78, 5) is 24.0. The summed E-state index contributed by atoms with van der Waals surface area (Å²) in [7, 11) is 0. The molecule has 2 N–H and O–H groups in total. The molecule has 1 amide bonds. The van der Waals surface area contributed by atoms with Crippen LogP contribution in [-0.4, -0.2) is 28.1 Å². The van der Waals surface area contributed by atoms with Crippen LogP contribution in [0.2, 0.25) is 0 Å². The standard InChI is InChI=1S/C12H12N2O3S/c15-10(16)7-6-9-11(17)13-12(18)14(9)8-4-2-1-3-5-8/h1-5,9H,6-7H2,(H,15,16)(H,13,17,18). The zero-order valence-electron chi connectivity index (χ0n) is 9.50. The van der Waals surface area contributed by atoms with Crippen LogP contribution in [0.3, 0.4) is 0 Å². The van der Waals surface area contributed by atoms with Gasteiger partial charge in [0.2, 0.25) is 5.91 Å². The van der Waals surface area contributed by atoms with Crippen LogP contribution in [-0.2, 0) is 9.59 Å². The van der Waals surface area contributed by atoms with Gasteiger partial charge in [0.1, 0.15) is 6.04 Å². The van der Waals surface area contributed by atoms with Crippen molar-refractivity contribution in [2.24, 2.45) is 0 Å². The number of rotatable bonds is 4. The van der Waals surface area contributed by atoms with Crippen LogP contribution in [0.5, 0.6) is 0 Å². The van der Waals surface area contributed by atoms with Crippen LogP contribution in [0.1, 0.15) is 12.8 Å². The first kappa shape index (κ1) is 12.5. The van der Waals surface area contributed by atoms with Gasteiger partial charge < -0.3 is 15.3 Å². The van der Waals surface area contributed by atoms with Gasteiger partial charge in [0.25, 0.3) is 0 Å². The SMILES string of the molecule is O=C(O)CCC1C(=O)NC(=S)N1c1ccccc1. The molecule has 94 valence electrons. The van der Waals surface area contributed by atoms with Gasteiger partial charge in [-0.15, -0.1) is 0 Å². The average molecular weight is 264 g/mol. The minimum Gasteiger partial charge on any atom is -0.481 e. The summed E-state index contributed by atoms with van der Waals surface area (Å²) >= 11 is 5.10. The second kappa shape index (κ2) is 5.14. The van der Waals surface area contributed by atoms with E-state index in [1.54, 1.807) is 4.90 Å². The molecule has 1 aliphatic rings. The number of carbonyl (C=O) groups excluding carboxylic acids is 1. The highest BCUT2D eigenvalue weighted by Gasteiger charge is 2.36. The molecule has 18 heavy (non-hydrogen) atoms. The summed E-state index contributed by atoms with van der Waals surface area (Å²) in [6.45, 7) is 0. The van der Waals surface area contributed by atoms with Gasteiger partial charge in [-0.1, -0.05) is 18.2 Å². The van der Waals surface area contributed by atoms with Crippen molar-refractivity contribution in [1.82, 2.24) is 5.32 Å². The van der Waals surface area contributed by atoms with Gasteiger partial charge in [0.15, 0.2) is 5.11 Å². The molecule has 1 aromatic carbocycles. The number of nitrogens with zero attached hydrogens (tertiary/aromatic N) is 1. The Hall–Kier alpha value is -1.95. The van der Waals surface area contributed by atoms with Crippen LogP contribution in [0.25, 0.3) is 0 Å². The molecule has 0 spiro atoms. The van der Waals surface area contributed by atoms with E-state index in [-0.39, 0.29) is 18.7 Å². The quantitative estimate of drug-likeness (QED) is 0.798. The molecule has 1 saturated heterocycles. The summed E-state index contributed by atoms with van der Waals surface area (Å²) < 4.78 is 0. The van der Waals surface area contributed by atoms with Crippen LogP contribution in [0.15, 0.2) is 30.3 Å². The Bertz CT molecular complexity index is 489. The van der Waals surface area contributed by atoms with Gasteiger partial charge in [-0.25, -0.2) is 0 Å². The number of para-hydroxylation sites is 1. The fourth-order valence-electron chi connectivity index (χ4n) is 1.91. The highest BCUT2D eigenvalue weighted by molar-refractivity contribution is 7.80. The van der Waals surface area contributed by atoms with E-state index in [2.05, 4.69) is 5.32 Å². The van der Waals surface area contributed by atoms with E-state index in [1.165, 1.54) is 0 Å². The molecule has 1 heterocycles. The van der Waals surface area contributed by atoms with Gasteiger partial charge in [-0.3, -0.25) is 9.59 Å². The predicted molar refractivity (Wildman–Crippen MR) is 70.3 cm³/mol. The molecular formula is C12H12N2O3S. The summed E-state index contributed by atoms with van der Waals surface area (Å²) in [6, 6.07) is 8.67. The molecule has 0 bridgehead atoms. The van der Waals surface area contributed by atoms with E-state index in [0.717, 1.165) is 5.69 Å². The fraction of sp³-hybridized carbons (Fsp3) is 0.250. The van der Waals surface area contributed by atoms with Crippen molar-refractivity contribution in [2.75, 3.05) is 4.90 Å². The molecular weight excluding hydrogens is 252 g/mol. The van der Waals surface area contributed by atoms with Crippen molar-refractivity contribution >= 4 is 34.9 Å². The molecule has 2 rings (SSSR count). The van der Waals surface area contributed by atoms with E-state index in [4.69, 9.17) is 17.3 Å². The third-order valence-electron chi connectivity index (χ3n) is 2.73. The zero-order valence-corrected chi connectivity index (χ0v) is 10.3. The predicted octanol–water partition coefficient (Wildman–Crippen LogP) is 1.14. The number of hydrogen-bond acceptors (Lipinski definition) is 3. The lowest BCUT2D eigenvalue weighted by Crippen LogP contribution is -2.35. The van der Waals surface area contributed by atoms with Crippen molar-refractivity contribution in [3.63, 3.8) is 0 Å². The number of carboxylic acid groups (broad SMARTS) is 1. The molecule has 0 saturated carbocycles. The molecule has 1 unspecified atom stereocenters. The van der Waals surface area contributed by atoms with Crippen LogP contribution in [0, 0.1) is 0 Å². The van der Waals surface area contributed by atoms with Gasteiger partial charge in [-0.05, 0) is 30.8 Å². The first-order valence-electron chi connectivity index (χ1n) is 5.50. The van der Waals surface area contributed by atoms with E-state index < -0.39 is 12.0 Å². The maximum Gasteiger partial charge on any atom is 0.303 e. The topological polar surface area (TPSA) is 69.6 Å². The molecule has 0 aromatic heterocycles. The van der Waals surface area contributed by atoms with Crippen LogP contribution >= 0.6 is 12.2 Å². The van der Waals surface area contributed by atoms with Crippen molar-refractivity contribution in [3.05, 3.63) is 30.3 Å². The normalized spacial score (nSPS) is 18.9. The highest BCUT2D eigenvalue weighted by Crippen LogP contribution is 2.23. The first-order valence-corrected chi connectivity index (χ1v) is 5.91. The van der Waals surface area contributed by atoms with E-state index in [1.807, 2.05) is 30.3 Å². The average Bonchev–Trinajstić information content (AvgIpc) is 2.62. The lowest BCUT2D eigenvalue weighted by atomic mass is 10.1. The second-order valence-corrected chi connectivity index (χ2v) is 4.33. The number of anilines is 1. The number of aliphatic carboxylic acids is 1. The molecule has 6 heteroatoms. The Morgan fingerprint density at radius 2 is 2.06 bits per heavy atom. The number of thiocarbonyl (C=S) groups is 1. The van der Waals surface area contributed by atoms with Crippen LogP contribution in [0.4, 0.5) is 5.69 Å².